The van der Waals surface area contributed by atoms with Gasteiger partial charge in [0.15, 0.2) is 0 Å². The van der Waals surface area contributed by atoms with Gasteiger partial charge in [0.25, 0.3) is 0 Å². The Morgan fingerprint density at radius 1 is 1.33 bits per heavy atom. The number of methoxy groups -OCH3 is 1. The molecule has 1 saturated heterocycles. The van der Waals surface area contributed by atoms with Crippen molar-refractivity contribution in [3.63, 3.8) is 0 Å². The van der Waals surface area contributed by atoms with Gasteiger partial charge in [-0.2, -0.15) is 0 Å². The third-order valence-corrected chi connectivity index (χ3v) is 4.59. The van der Waals surface area contributed by atoms with E-state index in [1.54, 1.807) is 18.9 Å². The standard InChI is InChI=1S/C15H26N2O4/c1-3-21-13(18)11-17(8-9-20-2)14(19)12-10-15(12)4-6-16-7-5-15/h12,16H,3-11H2,1-2H3. The molecule has 1 atom stereocenters. The van der Waals surface area contributed by atoms with Crippen LogP contribution in [0.15, 0.2) is 0 Å². The van der Waals surface area contributed by atoms with Crippen LogP contribution in [0.1, 0.15) is 26.2 Å². The fourth-order valence-corrected chi connectivity index (χ4v) is 3.23. The summed E-state index contributed by atoms with van der Waals surface area (Å²) in [5.74, 6) is -0.185. The van der Waals surface area contributed by atoms with Crippen LogP contribution in [-0.4, -0.2) is 63.3 Å². The molecule has 1 aliphatic heterocycles. The van der Waals surface area contributed by atoms with Crippen molar-refractivity contribution in [1.29, 1.82) is 0 Å². The molecule has 0 radical (unpaired) electrons. The highest BCUT2D eigenvalue weighted by atomic mass is 16.5. The Hall–Kier alpha value is -1.14. The highest BCUT2D eigenvalue weighted by Crippen LogP contribution is 2.59. The number of carbonyl (C=O) groups excluding carboxylic acids is 2. The first-order chi connectivity index (χ1) is 10.1. The molecule has 2 fully saturated rings. The van der Waals surface area contributed by atoms with Crippen molar-refractivity contribution < 1.29 is 19.1 Å². The van der Waals surface area contributed by atoms with Gasteiger partial charge in [-0.3, -0.25) is 9.59 Å². The van der Waals surface area contributed by atoms with Crippen LogP contribution in [0.25, 0.3) is 0 Å². The van der Waals surface area contributed by atoms with E-state index in [9.17, 15) is 9.59 Å². The second kappa shape index (κ2) is 7.22. The zero-order valence-electron chi connectivity index (χ0n) is 13.0. The minimum atomic E-state index is -0.345. The first-order valence-electron chi connectivity index (χ1n) is 7.77. The summed E-state index contributed by atoms with van der Waals surface area (Å²) in [5, 5.41) is 3.33. The Labute approximate surface area is 126 Å². The van der Waals surface area contributed by atoms with E-state index in [2.05, 4.69) is 5.32 Å². The van der Waals surface area contributed by atoms with Crippen LogP contribution < -0.4 is 5.32 Å². The summed E-state index contributed by atoms with van der Waals surface area (Å²) < 4.78 is 10.0. The van der Waals surface area contributed by atoms with Gasteiger partial charge in [0, 0.05) is 19.6 Å². The summed E-state index contributed by atoms with van der Waals surface area (Å²) in [6.07, 6.45) is 3.07. The maximum atomic E-state index is 12.7. The number of hydrogen-bond acceptors (Lipinski definition) is 5. The van der Waals surface area contributed by atoms with Gasteiger partial charge >= 0.3 is 5.97 Å². The van der Waals surface area contributed by atoms with Crippen molar-refractivity contribution in [2.75, 3.05) is 46.5 Å². The molecule has 21 heavy (non-hydrogen) atoms. The molecular weight excluding hydrogens is 272 g/mol. The summed E-state index contributed by atoms with van der Waals surface area (Å²) >= 11 is 0. The molecule has 1 heterocycles. The molecule has 2 aliphatic rings. The lowest BCUT2D eigenvalue weighted by Crippen LogP contribution is -2.41. The molecule has 1 spiro atoms. The van der Waals surface area contributed by atoms with Gasteiger partial charge in [0.05, 0.1) is 13.2 Å². The van der Waals surface area contributed by atoms with Crippen LogP contribution in [0, 0.1) is 11.3 Å². The van der Waals surface area contributed by atoms with E-state index < -0.39 is 0 Å². The van der Waals surface area contributed by atoms with Crippen molar-refractivity contribution in [2.45, 2.75) is 26.2 Å². The van der Waals surface area contributed by atoms with Gasteiger partial charge in [-0.25, -0.2) is 0 Å². The van der Waals surface area contributed by atoms with E-state index in [0.717, 1.165) is 32.4 Å². The maximum Gasteiger partial charge on any atom is 0.325 e. The second-order valence-electron chi connectivity index (χ2n) is 5.93. The number of hydrogen-bond donors (Lipinski definition) is 1. The molecule has 120 valence electrons. The highest BCUT2D eigenvalue weighted by Gasteiger charge is 2.58. The minimum Gasteiger partial charge on any atom is -0.465 e. The number of rotatable bonds is 7. The fourth-order valence-electron chi connectivity index (χ4n) is 3.23. The van der Waals surface area contributed by atoms with Gasteiger partial charge < -0.3 is 19.7 Å². The van der Waals surface area contributed by atoms with Gasteiger partial charge in [0.2, 0.25) is 5.91 Å². The zero-order chi connectivity index (χ0) is 15.3. The van der Waals surface area contributed by atoms with Gasteiger partial charge in [-0.05, 0) is 44.7 Å². The fraction of sp³-hybridized carbons (Fsp3) is 0.867. The summed E-state index contributed by atoms with van der Waals surface area (Å²) in [4.78, 5) is 25.9. The highest BCUT2D eigenvalue weighted by molar-refractivity contribution is 5.86. The average Bonchev–Trinajstić information content (AvgIpc) is 3.17. The molecule has 1 saturated carbocycles. The number of amides is 1. The summed E-state index contributed by atoms with van der Waals surface area (Å²) in [6.45, 7) is 4.99. The quantitative estimate of drug-likeness (QED) is 0.690. The van der Waals surface area contributed by atoms with Crippen molar-refractivity contribution in [2.24, 2.45) is 11.3 Å². The summed E-state index contributed by atoms with van der Waals surface area (Å²) in [5.41, 5.74) is 0.183. The summed E-state index contributed by atoms with van der Waals surface area (Å²) in [7, 11) is 1.60. The van der Waals surface area contributed by atoms with Crippen LogP contribution in [0.2, 0.25) is 0 Å². The van der Waals surface area contributed by atoms with Crippen LogP contribution in [0.3, 0.4) is 0 Å². The number of ether oxygens (including phenoxy) is 2. The monoisotopic (exact) mass is 298 g/mol. The molecule has 1 unspecified atom stereocenters. The first-order valence-corrected chi connectivity index (χ1v) is 7.77. The molecule has 6 heteroatoms. The number of nitrogens with one attached hydrogen (secondary N) is 1. The first kappa shape index (κ1) is 16.2. The molecule has 1 aliphatic carbocycles. The predicted molar refractivity (Wildman–Crippen MR) is 77.7 cm³/mol. The Kier molecular flexibility index (Phi) is 5.58. The Balaban J connectivity index is 1.92. The van der Waals surface area contributed by atoms with Crippen molar-refractivity contribution in [3.8, 4) is 0 Å². The Morgan fingerprint density at radius 2 is 2.05 bits per heavy atom. The van der Waals surface area contributed by atoms with Crippen molar-refractivity contribution in [1.82, 2.24) is 10.2 Å². The molecule has 1 N–H and O–H groups in total. The molecule has 0 aromatic carbocycles. The lowest BCUT2D eigenvalue weighted by atomic mass is 9.91. The number of piperidine rings is 1. The molecule has 0 bridgehead atoms. The van der Waals surface area contributed by atoms with Crippen LogP contribution in [-0.2, 0) is 19.1 Å². The van der Waals surface area contributed by atoms with Crippen molar-refractivity contribution >= 4 is 11.9 Å². The lowest BCUT2D eigenvalue weighted by Gasteiger charge is -2.26. The molecule has 0 aromatic rings. The largest absolute Gasteiger partial charge is 0.465 e. The molecular formula is C15H26N2O4. The normalized spacial score (nSPS) is 22.9. The van der Waals surface area contributed by atoms with Crippen LogP contribution in [0.5, 0.6) is 0 Å². The van der Waals surface area contributed by atoms with Gasteiger partial charge in [0.1, 0.15) is 6.54 Å². The smallest absolute Gasteiger partial charge is 0.325 e. The van der Waals surface area contributed by atoms with E-state index in [4.69, 9.17) is 9.47 Å². The number of esters is 1. The van der Waals surface area contributed by atoms with E-state index in [1.807, 2.05) is 0 Å². The lowest BCUT2D eigenvalue weighted by molar-refractivity contribution is -0.150. The van der Waals surface area contributed by atoms with Gasteiger partial charge in [-0.15, -0.1) is 0 Å². The third kappa shape index (κ3) is 3.95. The van der Waals surface area contributed by atoms with E-state index in [0.29, 0.717) is 19.8 Å². The van der Waals surface area contributed by atoms with Crippen LogP contribution >= 0.6 is 0 Å². The van der Waals surface area contributed by atoms with Crippen LogP contribution in [0.4, 0.5) is 0 Å². The van der Waals surface area contributed by atoms with E-state index in [1.165, 1.54) is 0 Å². The SMILES string of the molecule is CCOC(=O)CN(CCOC)C(=O)C1CC12CCNCC2. The van der Waals surface area contributed by atoms with E-state index in [-0.39, 0.29) is 29.8 Å². The topological polar surface area (TPSA) is 67.9 Å². The number of carbonyl (C=O) groups is 2. The maximum absolute atomic E-state index is 12.7. The predicted octanol–water partition coefficient (Wildman–Crippen LogP) is 0.414. The Morgan fingerprint density at radius 3 is 2.67 bits per heavy atom. The van der Waals surface area contributed by atoms with Gasteiger partial charge in [-0.1, -0.05) is 0 Å². The van der Waals surface area contributed by atoms with Crippen molar-refractivity contribution in [3.05, 3.63) is 0 Å². The molecule has 0 aromatic heterocycles. The Bertz CT molecular complexity index is 380. The third-order valence-electron chi connectivity index (χ3n) is 4.59. The van der Waals surface area contributed by atoms with E-state index >= 15 is 0 Å². The zero-order valence-corrected chi connectivity index (χ0v) is 13.0. The summed E-state index contributed by atoms with van der Waals surface area (Å²) in [6, 6.07) is 0. The molecule has 1 amide bonds. The average molecular weight is 298 g/mol. The minimum absolute atomic E-state index is 0.0286. The molecule has 6 nitrogen and oxygen atoms in total. The number of nitrogens with zero attached hydrogens (tertiary/aromatic N) is 1. The second-order valence-corrected chi connectivity index (χ2v) is 5.93. The molecule has 2 rings (SSSR count).